The smallest absolute Gasteiger partial charge is 0.258 e. The second kappa shape index (κ2) is 7.82. The molecular weight excluding hydrogens is 325 g/mol. The molecule has 4 nitrogen and oxygen atoms in total. The van der Waals surface area contributed by atoms with E-state index < -0.39 is 0 Å². The summed E-state index contributed by atoms with van der Waals surface area (Å²) in [5, 5.41) is 3.75. The van der Waals surface area contributed by atoms with Crippen molar-refractivity contribution < 1.29 is 14.3 Å². The van der Waals surface area contributed by atoms with Crippen LogP contribution < -0.4 is 10.1 Å². The number of benzene rings is 2. The SMILES string of the molecule is O=Cc1ccc(OCC(=O)NCc2ccc(Cl)cc2Cl)cc1. The van der Waals surface area contributed by atoms with Crippen molar-refractivity contribution in [2.45, 2.75) is 6.54 Å². The lowest BCUT2D eigenvalue weighted by molar-refractivity contribution is -0.123. The fourth-order valence-corrected chi connectivity index (χ4v) is 2.18. The number of rotatable bonds is 6. The largest absolute Gasteiger partial charge is 0.484 e. The van der Waals surface area contributed by atoms with Gasteiger partial charge in [-0.3, -0.25) is 9.59 Å². The van der Waals surface area contributed by atoms with E-state index in [1.807, 2.05) is 0 Å². The Labute approximate surface area is 138 Å². The lowest BCUT2D eigenvalue weighted by Crippen LogP contribution is -2.28. The van der Waals surface area contributed by atoms with Gasteiger partial charge in [-0.25, -0.2) is 0 Å². The number of amides is 1. The second-order valence-corrected chi connectivity index (χ2v) is 5.33. The first-order valence-corrected chi connectivity index (χ1v) is 7.23. The molecule has 0 bridgehead atoms. The summed E-state index contributed by atoms with van der Waals surface area (Å²) in [5.41, 5.74) is 1.32. The van der Waals surface area contributed by atoms with E-state index in [4.69, 9.17) is 27.9 Å². The van der Waals surface area contributed by atoms with Crippen molar-refractivity contribution in [3.8, 4) is 5.75 Å². The van der Waals surface area contributed by atoms with Gasteiger partial charge in [-0.2, -0.15) is 0 Å². The van der Waals surface area contributed by atoms with E-state index in [9.17, 15) is 9.59 Å². The average Bonchev–Trinajstić information content (AvgIpc) is 2.52. The van der Waals surface area contributed by atoms with Gasteiger partial charge in [0.1, 0.15) is 12.0 Å². The lowest BCUT2D eigenvalue weighted by Gasteiger charge is -2.09. The molecule has 114 valence electrons. The topological polar surface area (TPSA) is 55.4 Å². The Morgan fingerprint density at radius 1 is 1.14 bits per heavy atom. The molecule has 0 spiro atoms. The quantitative estimate of drug-likeness (QED) is 0.820. The van der Waals surface area contributed by atoms with E-state index in [-0.39, 0.29) is 12.5 Å². The zero-order valence-corrected chi connectivity index (χ0v) is 13.0. The van der Waals surface area contributed by atoms with Gasteiger partial charge in [-0.15, -0.1) is 0 Å². The van der Waals surface area contributed by atoms with Gasteiger partial charge in [0.05, 0.1) is 0 Å². The van der Waals surface area contributed by atoms with Crippen LogP contribution in [0.15, 0.2) is 42.5 Å². The molecule has 0 unspecified atom stereocenters. The molecule has 22 heavy (non-hydrogen) atoms. The summed E-state index contributed by atoms with van der Waals surface area (Å²) in [6.45, 7) is 0.175. The Morgan fingerprint density at radius 3 is 2.50 bits per heavy atom. The predicted octanol–water partition coefficient (Wildman–Crippen LogP) is 3.50. The Morgan fingerprint density at radius 2 is 1.86 bits per heavy atom. The zero-order valence-electron chi connectivity index (χ0n) is 11.5. The molecule has 0 aliphatic carbocycles. The summed E-state index contributed by atoms with van der Waals surface area (Å²) in [4.78, 5) is 22.3. The minimum absolute atomic E-state index is 0.119. The Bertz CT molecular complexity index is 672. The van der Waals surface area contributed by atoms with Crippen LogP contribution in [-0.2, 0) is 11.3 Å². The summed E-state index contributed by atoms with van der Waals surface area (Å²) in [6, 6.07) is 11.6. The molecule has 6 heteroatoms. The number of aldehydes is 1. The highest BCUT2D eigenvalue weighted by atomic mass is 35.5. The molecule has 0 atom stereocenters. The van der Waals surface area contributed by atoms with Crippen LogP contribution in [0.2, 0.25) is 10.0 Å². The summed E-state index contributed by atoms with van der Waals surface area (Å²) >= 11 is 11.8. The van der Waals surface area contributed by atoms with Gasteiger partial charge in [0.15, 0.2) is 6.61 Å². The fourth-order valence-electron chi connectivity index (χ4n) is 1.70. The highest BCUT2D eigenvalue weighted by molar-refractivity contribution is 6.35. The molecule has 1 N–H and O–H groups in total. The molecule has 2 aromatic rings. The Kier molecular flexibility index (Phi) is 5.81. The first-order chi connectivity index (χ1) is 10.6. The zero-order chi connectivity index (χ0) is 15.9. The molecule has 0 radical (unpaired) electrons. The van der Waals surface area contributed by atoms with Crippen molar-refractivity contribution in [1.29, 1.82) is 0 Å². The number of hydrogen-bond acceptors (Lipinski definition) is 3. The maximum Gasteiger partial charge on any atom is 0.258 e. The molecule has 1 amide bonds. The summed E-state index contributed by atoms with van der Waals surface area (Å²) in [7, 11) is 0. The monoisotopic (exact) mass is 337 g/mol. The average molecular weight is 338 g/mol. The fraction of sp³-hybridized carbons (Fsp3) is 0.125. The van der Waals surface area contributed by atoms with Crippen molar-refractivity contribution in [1.82, 2.24) is 5.32 Å². The van der Waals surface area contributed by atoms with Gasteiger partial charge in [0.2, 0.25) is 0 Å². The third-order valence-corrected chi connectivity index (χ3v) is 3.46. The molecule has 0 saturated heterocycles. The Balaban J connectivity index is 1.81. The lowest BCUT2D eigenvalue weighted by atomic mass is 10.2. The normalized spacial score (nSPS) is 10.1. The molecule has 0 aliphatic rings. The van der Waals surface area contributed by atoms with E-state index in [0.29, 0.717) is 27.9 Å². The molecular formula is C16H13Cl2NO3. The minimum atomic E-state index is -0.273. The number of hydrogen-bond donors (Lipinski definition) is 1. The molecule has 0 aliphatic heterocycles. The van der Waals surface area contributed by atoms with Gasteiger partial charge in [-0.05, 0) is 42.0 Å². The van der Waals surface area contributed by atoms with Gasteiger partial charge >= 0.3 is 0 Å². The van der Waals surface area contributed by atoms with E-state index in [2.05, 4.69) is 5.32 Å². The molecule has 0 fully saturated rings. The van der Waals surface area contributed by atoms with E-state index >= 15 is 0 Å². The Hall–Kier alpha value is -2.04. The third-order valence-electron chi connectivity index (χ3n) is 2.88. The number of carbonyl (C=O) groups is 2. The van der Waals surface area contributed by atoms with Gasteiger partial charge in [0, 0.05) is 22.2 Å². The van der Waals surface area contributed by atoms with Crippen LogP contribution >= 0.6 is 23.2 Å². The summed E-state index contributed by atoms with van der Waals surface area (Å²) in [6.07, 6.45) is 0.742. The second-order valence-electron chi connectivity index (χ2n) is 4.49. The minimum Gasteiger partial charge on any atom is -0.484 e. The van der Waals surface area contributed by atoms with Gasteiger partial charge in [0.25, 0.3) is 5.91 Å². The van der Waals surface area contributed by atoms with Crippen LogP contribution in [0.25, 0.3) is 0 Å². The number of carbonyl (C=O) groups excluding carboxylic acids is 2. The highest BCUT2D eigenvalue weighted by Gasteiger charge is 2.06. The molecule has 0 saturated carbocycles. The molecule has 2 rings (SSSR count). The van der Waals surface area contributed by atoms with Gasteiger partial charge < -0.3 is 10.1 Å². The van der Waals surface area contributed by atoms with Crippen LogP contribution in [0.4, 0.5) is 0 Å². The highest BCUT2D eigenvalue weighted by Crippen LogP contribution is 2.20. The van der Waals surface area contributed by atoms with Crippen molar-refractivity contribution in [3.63, 3.8) is 0 Å². The van der Waals surface area contributed by atoms with Crippen molar-refractivity contribution in [2.75, 3.05) is 6.61 Å². The first-order valence-electron chi connectivity index (χ1n) is 6.47. The van der Waals surface area contributed by atoms with Gasteiger partial charge in [-0.1, -0.05) is 29.3 Å². The van der Waals surface area contributed by atoms with Crippen molar-refractivity contribution in [3.05, 3.63) is 63.6 Å². The van der Waals surface area contributed by atoms with Crippen LogP contribution in [-0.4, -0.2) is 18.8 Å². The standard InChI is InChI=1S/C16H13Cl2NO3/c17-13-4-3-12(15(18)7-13)8-19-16(21)10-22-14-5-1-11(9-20)2-6-14/h1-7,9H,8,10H2,(H,19,21). The van der Waals surface area contributed by atoms with Crippen LogP contribution in [0.1, 0.15) is 15.9 Å². The number of halogens is 2. The maximum atomic E-state index is 11.7. The molecule has 0 heterocycles. The third kappa shape index (κ3) is 4.76. The maximum absolute atomic E-state index is 11.7. The number of ether oxygens (including phenoxy) is 1. The van der Waals surface area contributed by atoms with Crippen molar-refractivity contribution in [2.24, 2.45) is 0 Å². The first kappa shape index (κ1) is 16.3. The van der Waals surface area contributed by atoms with E-state index in [1.54, 1.807) is 42.5 Å². The summed E-state index contributed by atoms with van der Waals surface area (Å²) < 4.78 is 5.32. The molecule has 0 aromatic heterocycles. The van der Waals surface area contributed by atoms with Crippen molar-refractivity contribution >= 4 is 35.4 Å². The van der Waals surface area contributed by atoms with Crippen LogP contribution in [0, 0.1) is 0 Å². The summed E-state index contributed by atoms with van der Waals surface area (Å²) in [5.74, 6) is 0.246. The predicted molar refractivity (Wildman–Crippen MR) is 85.6 cm³/mol. The van der Waals surface area contributed by atoms with E-state index in [0.717, 1.165) is 11.8 Å². The molecule has 2 aromatic carbocycles. The van der Waals surface area contributed by atoms with Crippen LogP contribution in [0.3, 0.4) is 0 Å². The number of nitrogens with one attached hydrogen (secondary N) is 1. The van der Waals surface area contributed by atoms with Crippen LogP contribution in [0.5, 0.6) is 5.75 Å². The van der Waals surface area contributed by atoms with E-state index in [1.165, 1.54) is 0 Å².